The molecule has 0 atom stereocenters. The van der Waals surface area contributed by atoms with Crippen LogP contribution in [0.25, 0.3) is 0 Å². The van der Waals surface area contributed by atoms with Crippen molar-refractivity contribution < 1.29 is 19.0 Å². The summed E-state index contributed by atoms with van der Waals surface area (Å²) in [7, 11) is 1.69. The highest BCUT2D eigenvalue weighted by molar-refractivity contribution is 5.94. The maximum atomic E-state index is 13.2. The van der Waals surface area contributed by atoms with E-state index in [0.29, 0.717) is 38.5 Å². The number of unbranched alkanes of at least 4 members (excludes halogenated alkanes) is 1. The highest BCUT2D eigenvalue weighted by Gasteiger charge is 2.24. The predicted octanol–water partition coefficient (Wildman–Crippen LogP) is 4.37. The first-order valence-electron chi connectivity index (χ1n) is 11.2. The monoisotopic (exact) mass is 426 g/mol. The number of carbonyl (C=O) groups excluding carboxylic acids is 1. The maximum absolute atomic E-state index is 13.2. The minimum Gasteiger partial charge on any atom is -0.495 e. The molecule has 1 aliphatic rings. The van der Waals surface area contributed by atoms with Crippen molar-refractivity contribution in [3.8, 4) is 11.5 Å². The molecular formula is C25H34N2O4. The van der Waals surface area contributed by atoms with Crippen LogP contribution in [0.5, 0.6) is 11.5 Å². The molecule has 3 rings (SSSR count). The van der Waals surface area contributed by atoms with Gasteiger partial charge in [0.05, 0.1) is 26.0 Å². The van der Waals surface area contributed by atoms with Gasteiger partial charge < -0.3 is 24.0 Å². The van der Waals surface area contributed by atoms with Crippen LogP contribution in [-0.4, -0.2) is 57.3 Å². The van der Waals surface area contributed by atoms with E-state index in [0.717, 1.165) is 48.7 Å². The van der Waals surface area contributed by atoms with Crippen molar-refractivity contribution in [2.45, 2.75) is 33.3 Å². The molecule has 1 fully saturated rings. The number of methoxy groups -OCH3 is 1. The van der Waals surface area contributed by atoms with Gasteiger partial charge in [0.2, 0.25) is 0 Å². The van der Waals surface area contributed by atoms with E-state index in [2.05, 4.69) is 17.9 Å². The summed E-state index contributed by atoms with van der Waals surface area (Å²) in [5.74, 6) is 1.70. The Morgan fingerprint density at radius 1 is 1.00 bits per heavy atom. The summed E-state index contributed by atoms with van der Waals surface area (Å²) < 4.78 is 17.0. The van der Waals surface area contributed by atoms with Crippen LogP contribution in [0.15, 0.2) is 42.5 Å². The maximum Gasteiger partial charge on any atom is 0.253 e. The summed E-state index contributed by atoms with van der Waals surface area (Å²) in [5, 5.41) is 0. The van der Waals surface area contributed by atoms with Gasteiger partial charge in [-0.25, -0.2) is 0 Å². The van der Waals surface area contributed by atoms with Crippen molar-refractivity contribution in [1.82, 2.24) is 4.90 Å². The average Bonchev–Trinajstić information content (AvgIpc) is 2.82. The van der Waals surface area contributed by atoms with Crippen LogP contribution in [-0.2, 0) is 11.3 Å². The molecule has 0 saturated carbocycles. The number of benzene rings is 2. The van der Waals surface area contributed by atoms with Crippen LogP contribution >= 0.6 is 0 Å². The van der Waals surface area contributed by atoms with Gasteiger partial charge in [-0.3, -0.25) is 4.79 Å². The first-order valence-corrected chi connectivity index (χ1v) is 11.2. The highest BCUT2D eigenvalue weighted by Crippen LogP contribution is 2.29. The molecule has 0 bridgehead atoms. The number of piperazine rings is 1. The zero-order chi connectivity index (χ0) is 22.1. The number of rotatable bonds is 10. The molecule has 0 spiro atoms. The quantitative estimate of drug-likeness (QED) is 0.528. The summed E-state index contributed by atoms with van der Waals surface area (Å²) in [6, 6.07) is 13.7. The topological polar surface area (TPSA) is 51.2 Å². The van der Waals surface area contributed by atoms with Gasteiger partial charge in [0.1, 0.15) is 11.5 Å². The number of amides is 1. The van der Waals surface area contributed by atoms with E-state index < -0.39 is 0 Å². The van der Waals surface area contributed by atoms with Crippen LogP contribution < -0.4 is 14.4 Å². The van der Waals surface area contributed by atoms with Gasteiger partial charge in [-0.15, -0.1) is 0 Å². The van der Waals surface area contributed by atoms with Crippen molar-refractivity contribution in [3.05, 3.63) is 53.6 Å². The molecule has 0 radical (unpaired) electrons. The third-order valence-electron chi connectivity index (χ3n) is 5.50. The summed E-state index contributed by atoms with van der Waals surface area (Å²) in [6.45, 7) is 8.75. The molecule has 1 heterocycles. The Kier molecular flexibility index (Phi) is 8.59. The van der Waals surface area contributed by atoms with Crippen LogP contribution in [0.2, 0.25) is 0 Å². The molecular weight excluding hydrogens is 392 g/mol. The SMILES string of the molecule is CCCCOCc1cc(C(=O)N2CCN(c3ccccc3OC)CC2)ccc1OCC. The number of nitrogens with zero attached hydrogens (tertiary/aromatic N) is 2. The lowest BCUT2D eigenvalue weighted by Gasteiger charge is -2.36. The Balaban J connectivity index is 1.65. The molecule has 0 N–H and O–H groups in total. The Hall–Kier alpha value is -2.73. The fraction of sp³-hybridized carbons (Fsp3) is 0.480. The highest BCUT2D eigenvalue weighted by atomic mass is 16.5. The Bertz CT molecular complexity index is 847. The van der Waals surface area contributed by atoms with Crippen LogP contribution in [0.1, 0.15) is 42.6 Å². The minimum atomic E-state index is 0.0533. The number of carbonyl (C=O) groups is 1. The van der Waals surface area contributed by atoms with Gasteiger partial charge in [0.25, 0.3) is 5.91 Å². The number of para-hydroxylation sites is 2. The fourth-order valence-electron chi connectivity index (χ4n) is 3.77. The molecule has 1 amide bonds. The van der Waals surface area contributed by atoms with E-state index >= 15 is 0 Å². The van der Waals surface area contributed by atoms with Crippen molar-refractivity contribution in [3.63, 3.8) is 0 Å². The second-order valence-corrected chi connectivity index (χ2v) is 7.61. The van der Waals surface area contributed by atoms with Crippen LogP contribution in [0, 0.1) is 0 Å². The Morgan fingerprint density at radius 3 is 2.48 bits per heavy atom. The lowest BCUT2D eigenvalue weighted by Crippen LogP contribution is -2.48. The molecule has 31 heavy (non-hydrogen) atoms. The number of hydrogen-bond acceptors (Lipinski definition) is 5. The number of ether oxygens (including phenoxy) is 3. The van der Waals surface area contributed by atoms with Crippen molar-refractivity contribution in [2.75, 3.05) is 51.4 Å². The Morgan fingerprint density at radius 2 is 1.77 bits per heavy atom. The molecule has 0 aromatic heterocycles. The van der Waals surface area contributed by atoms with E-state index in [-0.39, 0.29) is 5.91 Å². The molecule has 6 nitrogen and oxygen atoms in total. The first kappa shape index (κ1) is 22.9. The van der Waals surface area contributed by atoms with Crippen molar-refractivity contribution >= 4 is 11.6 Å². The summed E-state index contributed by atoms with van der Waals surface area (Å²) >= 11 is 0. The lowest BCUT2D eigenvalue weighted by atomic mass is 10.1. The smallest absolute Gasteiger partial charge is 0.253 e. The fourth-order valence-corrected chi connectivity index (χ4v) is 3.77. The van der Waals surface area contributed by atoms with Gasteiger partial charge in [-0.2, -0.15) is 0 Å². The van der Waals surface area contributed by atoms with Gasteiger partial charge in [0.15, 0.2) is 0 Å². The van der Waals surface area contributed by atoms with Gasteiger partial charge in [0, 0.05) is 43.9 Å². The summed E-state index contributed by atoms with van der Waals surface area (Å²) in [5.41, 5.74) is 2.68. The molecule has 168 valence electrons. The van der Waals surface area contributed by atoms with Crippen LogP contribution in [0.3, 0.4) is 0 Å². The van der Waals surface area contributed by atoms with E-state index in [4.69, 9.17) is 14.2 Å². The molecule has 1 aliphatic heterocycles. The van der Waals surface area contributed by atoms with Gasteiger partial charge in [-0.1, -0.05) is 25.5 Å². The van der Waals surface area contributed by atoms with Gasteiger partial charge >= 0.3 is 0 Å². The second-order valence-electron chi connectivity index (χ2n) is 7.61. The molecule has 2 aromatic carbocycles. The normalized spacial score (nSPS) is 13.9. The zero-order valence-corrected chi connectivity index (χ0v) is 18.9. The van der Waals surface area contributed by atoms with E-state index in [9.17, 15) is 4.79 Å². The largest absolute Gasteiger partial charge is 0.495 e. The summed E-state index contributed by atoms with van der Waals surface area (Å²) in [4.78, 5) is 17.4. The van der Waals surface area contributed by atoms with E-state index in [1.807, 2.05) is 48.2 Å². The first-order chi connectivity index (χ1) is 15.2. The number of anilines is 1. The minimum absolute atomic E-state index is 0.0533. The van der Waals surface area contributed by atoms with Crippen molar-refractivity contribution in [1.29, 1.82) is 0 Å². The molecule has 0 aliphatic carbocycles. The van der Waals surface area contributed by atoms with E-state index in [1.165, 1.54) is 0 Å². The van der Waals surface area contributed by atoms with E-state index in [1.54, 1.807) is 7.11 Å². The summed E-state index contributed by atoms with van der Waals surface area (Å²) in [6.07, 6.45) is 2.12. The lowest BCUT2D eigenvalue weighted by molar-refractivity contribution is 0.0746. The standard InChI is InChI=1S/C25H34N2O4/c1-4-6-17-30-19-21-18-20(11-12-23(21)31-5-2)25(28)27-15-13-26(14-16-27)22-9-7-8-10-24(22)29-3/h7-12,18H,4-6,13-17,19H2,1-3H3. The van der Waals surface area contributed by atoms with Crippen molar-refractivity contribution in [2.24, 2.45) is 0 Å². The third-order valence-corrected chi connectivity index (χ3v) is 5.50. The molecule has 6 heteroatoms. The Labute approximate surface area is 185 Å². The average molecular weight is 427 g/mol. The molecule has 1 saturated heterocycles. The third kappa shape index (κ3) is 5.91. The molecule has 2 aromatic rings. The second kappa shape index (κ2) is 11.6. The predicted molar refractivity (Wildman–Crippen MR) is 123 cm³/mol. The molecule has 0 unspecified atom stereocenters. The van der Waals surface area contributed by atoms with Gasteiger partial charge in [-0.05, 0) is 43.7 Å². The zero-order valence-electron chi connectivity index (χ0n) is 18.9. The number of hydrogen-bond donors (Lipinski definition) is 0. The van der Waals surface area contributed by atoms with Crippen LogP contribution in [0.4, 0.5) is 5.69 Å².